The molecule has 0 spiro atoms. The molecule has 0 aromatic heterocycles. The van der Waals surface area contributed by atoms with Crippen molar-refractivity contribution in [2.24, 2.45) is 0 Å². The maximum absolute atomic E-state index is 12.7. The number of hydrogen-bond donors (Lipinski definition) is 0. The summed E-state index contributed by atoms with van der Waals surface area (Å²) in [7, 11) is 0. The first-order valence-corrected chi connectivity index (χ1v) is 22.1. The van der Waals surface area contributed by atoms with E-state index in [1.54, 1.807) is 0 Å². The van der Waals surface area contributed by atoms with Crippen molar-refractivity contribution >= 4 is 17.9 Å². The molecule has 0 heterocycles. The molecule has 0 rings (SSSR count). The Balaban J connectivity index is 4.42. The molecule has 0 aromatic carbocycles. The van der Waals surface area contributed by atoms with Gasteiger partial charge in [-0.15, -0.1) is 0 Å². The van der Waals surface area contributed by atoms with Gasteiger partial charge < -0.3 is 14.2 Å². The lowest BCUT2D eigenvalue weighted by molar-refractivity contribution is -0.167. The minimum absolute atomic E-state index is 0.0860. The van der Waals surface area contributed by atoms with Gasteiger partial charge >= 0.3 is 17.9 Å². The number of allylic oxidation sites excluding steroid dienone is 8. The highest BCUT2D eigenvalue weighted by molar-refractivity contribution is 5.71. The Hall–Kier alpha value is -2.63. The van der Waals surface area contributed by atoms with Crippen LogP contribution in [0.15, 0.2) is 48.6 Å². The molecule has 0 radical (unpaired) electrons. The fraction of sp³-hybridized carbons (Fsp3) is 0.766. The minimum Gasteiger partial charge on any atom is -0.462 e. The molecule has 0 saturated carbocycles. The Morgan fingerprint density at radius 2 is 0.774 bits per heavy atom. The Bertz CT molecular complexity index is 949. The summed E-state index contributed by atoms with van der Waals surface area (Å²) in [5.74, 6) is -0.928. The van der Waals surface area contributed by atoms with Crippen LogP contribution in [-0.2, 0) is 28.6 Å². The molecule has 6 nitrogen and oxygen atoms in total. The predicted molar refractivity (Wildman–Crippen MR) is 224 cm³/mol. The smallest absolute Gasteiger partial charge is 0.306 e. The fourth-order valence-electron chi connectivity index (χ4n) is 5.99. The van der Waals surface area contributed by atoms with Gasteiger partial charge in [0.25, 0.3) is 0 Å². The molecule has 6 heteroatoms. The highest BCUT2D eigenvalue weighted by atomic mass is 16.6. The van der Waals surface area contributed by atoms with Gasteiger partial charge in [-0.05, 0) is 70.6 Å². The van der Waals surface area contributed by atoms with E-state index in [2.05, 4.69) is 69.4 Å². The summed E-state index contributed by atoms with van der Waals surface area (Å²) < 4.78 is 16.6. The average molecular weight is 743 g/mol. The van der Waals surface area contributed by atoms with Gasteiger partial charge in [-0.3, -0.25) is 14.4 Å². The van der Waals surface area contributed by atoms with E-state index in [-0.39, 0.29) is 31.1 Å². The molecular formula is C47H82O6. The summed E-state index contributed by atoms with van der Waals surface area (Å²) in [5.41, 5.74) is 0. The lowest BCUT2D eigenvalue weighted by Gasteiger charge is -2.18. The molecule has 0 aliphatic heterocycles. The standard InChI is InChI=1S/C47H82O6/c1-4-7-10-13-16-19-22-24-26-28-31-34-37-40-46(49)52-43-44(42-51-45(48)39-36-33-30-27-21-18-15-12-9-6-3)53-47(50)41-38-35-32-29-25-23-20-17-14-11-8-5-2/h7,10,12,15-16,19,24,26,44H,4-6,8-9,11,13-14,17-18,20-23,25,27-43H2,1-3H3/b10-7-,15-12-,19-16-,26-24-. The number of unbranched alkanes of at least 4 members (excludes halogenated alkanes) is 20. The van der Waals surface area contributed by atoms with Gasteiger partial charge in [0.1, 0.15) is 13.2 Å². The van der Waals surface area contributed by atoms with Crippen LogP contribution in [0.4, 0.5) is 0 Å². The largest absolute Gasteiger partial charge is 0.462 e. The molecule has 306 valence electrons. The molecule has 0 amide bonds. The zero-order valence-corrected chi connectivity index (χ0v) is 34.8. The highest BCUT2D eigenvalue weighted by Crippen LogP contribution is 2.14. The molecule has 53 heavy (non-hydrogen) atoms. The maximum Gasteiger partial charge on any atom is 0.306 e. The summed E-state index contributed by atoms with van der Waals surface area (Å²) in [6, 6.07) is 0. The monoisotopic (exact) mass is 743 g/mol. The first-order chi connectivity index (χ1) is 26.0. The van der Waals surface area contributed by atoms with Crippen molar-refractivity contribution < 1.29 is 28.6 Å². The van der Waals surface area contributed by atoms with Crippen molar-refractivity contribution in [1.29, 1.82) is 0 Å². The van der Waals surface area contributed by atoms with E-state index in [0.29, 0.717) is 19.3 Å². The molecule has 0 bridgehead atoms. The third kappa shape index (κ3) is 40.4. The second kappa shape index (κ2) is 42.1. The topological polar surface area (TPSA) is 78.9 Å². The van der Waals surface area contributed by atoms with Gasteiger partial charge in [0.05, 0.1) is 0 Å². The number of carbonyl (C=O) groups excluding carboxylic acids is 3. The lowest BCUT2D eigenvalue weighted by atomic mass is 10.0. The van der Waals surface area contributed by atoms with Crippen molar-refractivity contribution in [2.75, 3.05) is 13.2 Å². The number of hydrogen-bond acceptors (Lipinski definition) is 6. The Labute approximate surface area is 327 Å². The molecule has 0 N–H and O–H groups in total. The van der Waals surface area contributed by atoms with E-state index in [9.17, 15) is 14.4 Å². The molecule has 0 saturated heterocycles. The first-order valence-electron chi connectivity index (χ1n) is 22.1. The van der Waals surface area contributed by atoms with Gasteiger partial charge in [-0.2, -0.15) is 0 Å². The molecule has 1 atom stereocenters. The molecular weight excluding hydrogens is 661 g/mol. The summed E-state index contributed by atoms with van der Waals surface area (Å²) in [4.78, 5) is 37.6. The van der Waals surface area contributed by atoms with Gasteiger partial charge in [-0.25, -0.2) is 0 Å². The molecule has 0 aliphatic carbocycles. The Morgan fingerprint density at radius 1 is 0.396 bits per heavy atom. The van der Waals surface area contributed by atoms with Gasteiger partial charge in [0.2, 0.25) is 0 Å². The van der Waals surface area contributed by atoms with E-state index in [1.807, 2.05) is 0 Å². The number of esters is 3. The van der Waals surface area contributed by atoms with E-state index in [1.165, 1.54) is 77.0 Å². The summed E-state index contributed by atoms with van der Waals surface area (Å²) in [6.45, 7) is 6.41. The van der Waals surface area contributed by atoms with Crippen molar-refractivity contribution in [3.8, 4) is 0 Å². The second-order valence-corrected chi connectivity index (χ2v) is 14.6. The van der Waals surface area contributed by atoms with Crippen molar-refractivity contribution in [2.45, 2.75) is 219 Å². The van der Waals surface area contributed by atoms with Crippen LogP contribution >= 0.6 is 0 Å². The number of carbonyl (C=O) groups is 3. The minimum atomic E-state index is -0.782. The van der Waals surface area contributed by atoms with E-state index in [4.69, 9.17) is 14.2 Å². The molecule has 0 aromatic rings. The zero-order chi connectivity index (χ0) is 38.7. The zero-order valence-electron chi connectivity index (χ0n) is 34.8. The van der Waals surface area contributed by atoms with Gasteiger partial charge in [0.15, 0.2) is 6.10 Å². The summed E-state index contributed by atoms with van der Waals surface area (Å²) in [6.07, 6.45) is 48.1. The Morgan fingerprint density at radius 3 is 1.26 bits per heavy atom. The predicted octanol–water partition coefficient (Wildman–Crippen LogP) is 14.0. The SMILES string of the molecule is CC/C=C\C/C=C\C/C=C\CCCCCC(=O)OCC(COC(=O)CCCCCCC/C=C\CCC)OC(=O)CCCCCCCCCCCCCC. The average Bonchev–Trinajstić information content (AvgIpc) is 3.15. The van der Waals surface area contributed by atoms with Gasteiger partial charge in [-0.1, -0.05) is 172 Å². The summed E-state index contributed by atoms with van der Waals surface area (Å²) in [5, 5.41) is 0. The van der Waals surface area contributed by atoms with Gasteiger partial charge in [0, 0.05) is 19.3 Å². The number of rotatable bonds is 39. The molecule has 0 aliphatic rings. The van der Waals surface area contributed by atoms with Crippen LogP contribution in [-0.4, -0.2) is 37.2 Å². The van der Waals surface area contributed by atoms with Crippen molar-refractivity contribution in [1.82, 2.24) is 0 Å². The van der Waals surface area contributed by atoms with E-state index in [0.717, 1.165) is 96.3 Å². The number of ether oxygens (including phenoxy) is 3. The molecule has 1 unspecified atom stereocenters. The van der Waals surface area contributed by atoms with Crippen LogP contribution in [0.1, 0.15) is 213 Å². The quantitative estimate of drug-likeness (QED) is 0.0270. The van der Waals surface area contributed by atoms with Crippen LogP contribution < -0.4 is 0 Å². The third-order valence-electron chi connectivity index (χ3n) is 9.30. The first kappa shape index (κ1) is 50.4. The normalized spacial score (nSPS) is 12.4. The van der Waals surface area contributed by atoms with Crippen LogP contribution in [0.25, 0.3) is 0 Å². The second-order valence-electron chi connectivity index (χ2n) is 14.6. The Kier molecular flexibility index (Phi) is 40.0. The van der Waals surface area contributed by atoms with Crippen LogP contribution in [0.5, 0.6) is 0 Å². The maximum atomic E-state index is 12.7. The van der Waals surface area contributed by atoms with Crippen LogP contribution in [0.3, 0.4) is 0 Å². The highest BCUT2D eigenvalue weighted by Gasteiger charge is 2.19. The third-order valence-corrected chi connectivity index (χ3v) is 9.30. The van der Waals surface area contributed by atoms with E-state index >= 15 is 0 Å². The van der Waals surface area contributed by atoms with Crippen LogP contribution in [0, 0.1) is 0 Å². The summed E-state index contributed by atoms with van der Waals surface area (Å²) >= 11 is 0. The lowest BCUT2D eigenvalue weighted by Crippen LogP contribution is -2.30. The molecule has 0 fully saturated rings. The van der Waals surface area contributed by atoms with Crippen LogP contribution in [0.2, 0.25) is 0 Å². The van der Waals surface area contributed by atoms with E-state index < -0.39 is 6.10 Å². The fourth-order valence-corrected chi connectivity index (χ4v) is 5.99. The van der Waals surface area contributed by atoms with Crippen molar-refractivity contribution in [3.63, 3.8) is 0 Å². The van der Waals surface area contributed by atoms with Crippen molar-refractivity contribution in [3.05, 3.63) is 48.6 Å².